The largest absolute Gasteiger partial charge is 0.496 e. The third kappa shape index (κ3) is 4.50. The second-order valence-electron chi connectivity index (χ2n) is 5.38. The van der Waals surface area contributed by atoms with E-state index in [-0.39, 0.29) is 0 Å². The van der Waals surface area contributed by atoms with E-state index in [0.29, 0.717) is 18.7 Å². The summed E-state index contributed by atoms with van der Waals surface area (Å²) in [5, 5.41) is 12.2. The van der Waals surface area contributed by atoms with Crippen LogP contribution in [0.3, 0.4) is 0 Å². The zero-order valence-electron chi connectivity index (χ0n) is 14.3. The maximum atomic E-state index is 8.84. The Labute approximate surface area is 143 Å². The first kappa shape index (κ1) is 17.4. The normalized spacial score (nSPS) is 10.8. The van der Waals surface area contributed by atoms with Crippen LogP contribution in [0, 0.1) is 11.3 Å². The van der Waals surface area contributed by atoms with E-state index in [9.17, 15) is 0 Å². The zero-order chi connectivity index (χ0) is 17.4. The van der Waals surface area contributed by atoms with E-state index in [1.807, 2.05) is 60.5 Å². The number of nitrogens with zero attached hydrogens (tertiary/aromatic N) is 3. The lowest BCUT2D eigenvalue weighted by Crippen LogP contribution is -2.38. The Hall–Kier alpha value is -3.00. The minimum absolute atomic E-state index is 0.647. The van der Waals surface area contributed by atoms with Gasteiger partial charge in [-0.3, -0.25) is 4.99 Å². The lowest BCUT2D eigenvalue weighted by Gasteiger charge is -2.23. The van der Waals surface area contributed by atoms with Gasteiger partial charge in [0.1, 0.15) is 5.75 Å². The molecule has 0 amide bonds. The summed E-state index contributed by atoms with van der Waals surface area (Å²) in [6.07, 6.45) is 0. The molecule has 0 aliphatic carbocycles. The van der Waals surface area contributed by atoms with Gasteiger partial charge in [-0.1, -0.05) is 30.3 Å². The highest BCUT2D eigenvalue weighted by Crippen LogP contribution is 2.18. The average Bonchev–Trinajstić information content (AvgIpc) is 2.63. The van der Waals surface area contributed by atoms with Crippen LogP contribution in [0.5, 0.6) is 5.75 Å². The summed E-state index contributed by atoms with van der Waals surface area (Å²) in [7, 11) is 5.43. The second-order valence-corrected chi connectivity index (χ2v) is 5.38. The monoisotopic (exact) mass is 322 g/mol. The third-order valence-electron chi connectivity index (χ3n) is 3.71. The molecule has 5 heteroatoms. The van der Waals surface area contributed by atoms with Gasteiger partial charge in [0, 0.05) is 32.7 Å². The summed E-state index contributed by atoms with van der Waals surface area (Å²) in [5.74, 6) is 1.66. The van der Waals surface area contributed by atoms with E-state index in [2.05, 4.69) is 16.4 Å². The lowest BCUT2D eigenvalue weighted by atomic mass is 10.1. The molecule has 1 N–H and O–H groups in total. The number of benzene rings is 2. The van der Waals surface area contributed by atoms with Crippen LogP contribution in [0.1, 0.15) is 16.7 Å². The standard InChI is InChI=1S/C19H22N4O/c1-21-19(22-13-16-10-8-15(12-20)9-11-16)23(2)14-17-6-4-5-7-18(17)24-3/h4-11H,13-14H2,1-3H3,(H,21,22). The van der Waals surface area contributed by atoms with E-state index >= 15 is 0 Å². The van der Waals surface area contributed by atoms with Crippen molar-refractivity contribution in [2.45, 2.75) is 13.1 Å². The molecule has 24 heavy (non-hydrogen) atoms. The Kier molecular flexibility index (Phi) is 6.21. The van der Waals surface area contributed by atoms with Crippen molar-refractivity contribution in [2.24, 2.45) is 4.99 Å². The Morgan fingerprint density at radius 3 is 2.54 bits per heavy atom. The van der Waals surface area contributed by atoms with Gasteiger partial charge in [0.15, 0.2) is 5.96 Å². The summed E-state index contributed by atoms with van der Waals surface area (Å²) >= 11 is 0. The SMILES string of the molecule is CN=C(NCc1ccc(C#N)cc1)N(C)Cc1ccccc1OC. The van der Waals surface area contributed by atoms with Crippen molar-refractivity contribution in [2.75, 3.05) is 21.2 Å². The summed E-state index contributed by atoms with van der Waals surface area (Å²) < 4.78 is 5.40. The van der Waals surface area contributed by atoms with E-state index < -0.39 is 0 Å². The number of ether oxygens (including phenoxy) is 1. The van der Waals surface area contributed by atoms with Gasteiger partial charge in [-0.25, -0.2) is 0 Å². The molecule has 0 aliphatic heterocycles. The van der Waals surface area contributed by atoms with Crippen molar-refractivity contribution >= 4 is 5.96 Å². The Balaban J connectivity index is 1.98. The molecule has 5 nitrogen and oxygen atoms in total. The Morgan fingerprint density at radius 2 is 1.92 bits per heavy atom. The molecule has 0 spiro atoms. The number of hydrogen-bond donors (Lipinski definition) is 1. The first-order valence-electron chi connectivity index (χ1n) is 7.70. The highest BCUT2D eigenvalue weighted by atomic mass is 16.5. The smallest absolute Gasteiger partial charge is 0.193 e. The quantitative estimate of drug-likeness (QED) is 0.679. The van der Waals surface area contributed by atoms with E-state index in [1.165, 1.54) is 0 Å². The highest BCUT2D eigenvalue weighted by molar-refractivity contribution is 5.79. The van der Waals surface area contributed by atoms with Gasteiger partial charge < -0.3 is 15.0 Å². The number of nitrogens with one attached hydrogen (secondary N) is 1. The first-order chi connectivity index (χ1) is 11.7. The molecule has 2 aromatic rings. The number of rotatable bonds is 5. The fourth-order valence-corrected chi connectivity index (χ4v) is 2.43. The number of para-hydroxylation sites is 1. The van der Waals surface area contributed by atoms with Gasteiger partial charge >= 0.3 is 0 Å². The van der Waals surface area contributed by atoms with Gasteiger partial charge in [0.05, 0.1) is 18.7 Å². The molecule has 0 atom stereocenters. The Morgan fingerprint density at radius 1 is 1.21 bits per heavy atom. The predicted molar refractivity (Wildman–Crippen MR) is 95.8 cm³/mol. The topological polar surface area (TPSA) is 60.7 Å². The number of hydrogen-bond acceptors (Lipinski definition) is 3. The molecule has 0 aromatic heterocycles. The molecule has 2 aromatic carbocycles. The average molecular weight is 322 g/mol. The maximum Gasteiger partial charge on any atom is 0.193 e. The van der Waals surface area contributed by atoms with Crippen molar-refractivity contribution in [3.8, 4) is 11.8 Å². The summed E-state index contributed by atoms with van der Waals surface area (Å²) in [4.78, 5) is 6.37. The zero-order valence-corrected chi connectivity index (χ0v) is 14.3. The van der Waals surface area contributed by atoms with Gasteiger partial charge in [-0.05, 0) is 23.8 Å². The van der Waals surface area contributed by atoms with Crippen LogP contribution in [-0.2, 0) is 13.1 Å². The van der Waals surface area contributed by atoms with Gasteiger partial charge in [0.25, 0.3) is 0 Å². The molecule has 0 fully saturated rings. The molecule has 0 heterocycles. The first-order valence-corrected chi connectivity index (χ1v) is 7.70. The maximum absolute atomic E-state index is 8.84. The van der Waals surface area contributed by atoms with Crippen molar-refractivity contribution < 1.29 is 4.74 Å². The fraction of sp³-hybridized carbons (Fsp3) is 0.263. The number of methoxy groups -OCH3 is 1. The molecule has 124 valence electrons. The van der Waals surface area contributed by atoms with Crippen molar-refractivity contribution in [1.82, 2.24) is 10.2 Å². The van der Waals surface area contributed by atoms with Gasteiger partial charge in [0.2, 0.25) is 0 Å². The van der Waals surface area contributed by atoms with Crippen LogP contribution < -0.4 is 10.1 Å². The number of aliphatic imine (C=N–C) groups is 1. The predicted octanol–water partition coefficient (Wildman–Crippen LogP) is 2.77. The third-order valence-corrected chi connectivity index (χ3v) is 3.71. The Bertz CT molecular complexity index is 732. The van der Waals surface area contributed by atoms with Crippen LogP contribution in [0.15, 0.2) is 53.5 Å². The van der Waals surface area contributed by atoms with E-state index in [1.54, 1.807) is 14.2 Å². The number of nitriles is 1. The van der Waals surface area contributed by atoms with Gasteiger partial charge in [-0.2, -0.15) is 5.26 Å². The van der Waals surface area contributed by atoms with Crippen molar-refractivity contribution in [3.05, 3.63) is 65.2 Å². The minimum atomic E-state index is 0.647. The fourth-order valence-electron chi connectivity index (χ4n) is 2.43. The molecular weight excluding hydrogens is 300 g/mol. The van der Waals surface area contributed by atoms with Crippen LogP contribution in [0.2, 0.25) is 0 Å². The molecule has 0 radical (unpaired) electrons. The van der Waals surface area contributed by atoms with Crippen LogP contribution in [0.25, 0.3) is 0 Å². The minimum Gasteiger partial charge on any atom is -0.496 e. The summed E-state index contributed by atoms with van der Waals surface area (Å²) in [6.45, 7) is 1.34. The number of guanidine groups is 1. The van der Waals surface area contributed by atoms with Crippen LogP contribution in [-0.4, -0.2) is 32.1 Å². The van der Waals surface area contributed by atoms with Gasteiger partial charge in [-0.15, -0.1) is 0 Å². The highest BCUT2D eigenvalue weighted by Gasteiger charge is 2.09. The van der Waals surface area contributed by atoms with E-state index in [0.717, 1.165) is 22.8 Å². The molecular formula is C19H22N4O. The molecule has 0 unspecified atom stereocenters. The molecule has 0 bridgehead atoms. The van der Waals surface area contributed by atoms with E-state index in [4.69, 9.17) is 10.00 Å². The molecule has 0 aliphatic rings. The summed E-state index contributed by atoms with van der Waals surface area (Å²) in [5.41, 5.74) is 2.86. The molecule has 2 rings (SSSR count). The lowest BCUT2D eigenvalue weighted by molar-refractivity contribution is 0.396. The van der Waals surface area contributed by atoms with Crippen LogP contribution >= 0.6 is 0 Å². The summed E-state index contributed by atoms with van der Waals surface area (Å²) in [6, 6.07) is 17.6. The van der Waals surface area contributed by atoms with Crippen molar-refractivity contribution in [1.29, 1.82) is 5.26 Å². The molecule has 0 saturated heterocycles. The van der Waals surface area contributed by atoms with Crippen molar-refractivity contribution in [3.63, 3.8) is 0 Å². The van der Waals surface area contributed by atoms with Crippen LogP contribution in [0.4, 0.5) is 0 Å². The molecule has 0 saturated carbocycles. The second kappa shape index (κ2) is 8.59.